The zero-order chi connectivity index (χ0) is 20.4. The lowest BCUT2D eigenvalue weighted by atomic mass is 9.88. The normalized spacial score (nSPS) is 18.1. The molecule has 0 saturated carbocycles. The number of fused-ring (bicyclic) bond motifs is 1. The van der Waals surface area contributed by atoms with Crippen LogP contribution in [0.2, 0.25) is 0 Å². The Labute approximate surface area is 170 Å². The van der Waals surface area contributed by atoms with Crippen LogP contribution >= 0.6 is 0 Å². The molecular weight excluding hydrogens is 364 g/mol. The van der Waals surface area contributed by atoms with E-state index in [0.717, 1.165) is 18.5 Å². The number of anilines is 1. The zero-order valence-corrected chi connectivity index (χ0v) is 16.4. The van der Waals surface area contributed by atoms with Crippen LogP contribution in [0, 0.1) is 0 Å². The van der Waals surface area contributed by atoms with Crippen molar-refractivity contribution in [3.63, 3.8) is 0 Å². The summed E-state index contributed by atoms with van der Waals surface area (Å²) in [6, 6.07) is 18.3. The minimum atomic E-state index is -1.82. The van der Waals surface area contributed by atoms with Gasteiger partial charge in [0.1, 0.15) is 0 Å². The molecular formula is C24H24N2O3. The number of ketones is 1. The molecule has 2 aromatic carbocycles. The van der Waals surface area contributed by atoms with Crippen LogP contribution in [0.1, 0.15) is 42.1 Å². The Morgan fingerprint density at radius 1 is 1.00 bits per heavy atom. The third-order valence-corrected chi connectivity index (χ3v) is 5.48. The topological polar surface area (TPSA) is 62.5 Å². The van der Waals surface area contributed by atoms with Gasteiger partial charge in [0.05, 0.1) is 12.1 Å². The molecule has 0 fully saturated rings. The van der Waals surface area contributed by atoms with E-state index in [4.69, 9.17) is 0 Å². The Hall–Kier alpha value is -3.18. The summed E-state index contributed by atoms with van der Waals surface area (Å²) >= 11 is 0. The van der Waals surface area contributed by atoms with Gasteiger partial charge in [-0.05, 0) is 48.9 Å². The van der Waals surface area contributed by atoms with Gasteiger partial charge < -0.3 is 14.6 Å². The van der Waals surface area contributed by atoms with Crippen molar-refractivity contribution in [2.24, 2.45) is 0 Å². The maximum absolute atomic E-state index is 13.1. The number of hydrogen-bond acceptors (Lipinski definition) is 3. The molecule has 0 spiro atoms. The van der Waals surface area contributed by atoms with Gasteiger partial charge in [0, 0.05) is 35.8 Å². The Morgan fingerprint density at radius 2 is 1.69 bits per heavy atom. The van der Waals surface area contributed by atoms with Crippen LogP contribution in [-0.4, -0.2) is 27.9 Å². The van der Waals surface area contributed by atoms with Crippen molar-refractivity contribution in [1.29, 1.82) is 0 Å². The molecule has 1 aliphatic heterocycles. The first kappa shape index (κ1) is 19.2. The molecule has 1 aromatic heterocycles. The smallest absolute Gasteiger partial charge is 0.264 e. The van der Waals surface area contributed by atoms with E-state index in [1.807, 2.05) is 53.4 Å². The molecule has 0 bridgehead atoms. The van der Waals surface area contributed by atoms with Crippen LogP contribution in [0.25, 0.3) is 5.69 Å². The van der Waals surface area contributed by atoms with Crippen LogP contribution in [-0.2, 0) is 10.4 Å². The number of hydrogen-bond donors (Lipinski definition) is 1. The largest absolute Gasteiger partial charge is 0.375 e. The number of unbranched alkanes of at least 4 members (excludes halogenated alkanes) is 1. The molecule has 0 radical (unpaired) electrons. The second-order valence-electron chi connectivity index (χ2n) is 7.42. The molecule has 0 aliphatic carbocycles. The number of carbonyl (C=O) groups is 2. The summed E-state index contributed by atoms with van der Waals surface area (Å²) in [5.74, 6) is -0.670. The number of carbonyl (C=O) groups excluding carboxylic acids is 2. The summed E-state index contributed by atoms with van der Waals surface area (Å²) in [5.41, 5.74) is 0.813. The first-order chi connectivity index (χ1) is 14.0. The molecule has 148 valence electrons. The van der Waals surface area contributed by atoms with E-state index in [1.54, 1.807) is 29.2 Å². The molecule has 4 rings (SSSR count). The lowest BCUT2D eigenvalue weighted by Crippen LogP contribution is -2.42. The highest BCUT2D eigenvalue weighted by Crippen LogP contribution is 2.42. The SMILES string of the molecule is CCCCN1C(=O)[C@](O)(CC(=O)c2ccc(-n3cccc3)cc2)c2ccccc21. The molecule has 3 aromatic rings. The number of Topliss-reactive ketones (excluding diaryl/α,β-unsaturated/α-hetero) is 1. The van der Waals surface area contributed by atoms with Crippen LogP contribution in [0.4, 0.5) is 5.69 Å². The van der Waals surface area contributed by atoms with Crippen LogP contribution in [0.5, 0.6) is 0 Å². The second-order valence-corrected chi connectivity index (χ2v) is 7.42. The van der Waals surface area contributed by atoms with Gasteiger partial charge in [-0.2, -0.15) is 0 Å². The fourth-order valence-electron chi connectivity index (χ4n) is 3.88. The molecule has 1 aliphatic rings. The number of para-hydroxylation sites is 1. The van der Waals surface area contributed by atoms with Crippen LogP contribution < -0.4 is 4.90 Å². The molecule has 1 amide bonds. The molecule has 0 saturated heterocycles. The van der Waals surface area contributed by atoms with Crippen molar-refractivity contribution in [3.05, 3.63) is 84.2 Å². The van der Waals surface area contributed by atoms with E-state index in [9.17, 15) is 14.7 Å². The van der Waals surface area contributed by atoms with Gasteiger partial charge in [0.25, 0.3) is 5.91 Å². The van der Waals surface area contributed by atoms with Crippen molar-refractivity contribution >= 4 is 17.4 Å². The van der Waals surface area contributed by atoms with Gasteiger partial charge in [0.2, 0.25) is 0 Å². The predicted molar refractivity (Wildman–Crippen MR) is 112 cm³/mol. The molecule has 5 nitrogen and oxygen atoms in total. The third-order valence-electron chi connectivity index (χ3n) is 5.48. The molecule has 29 heavy (non-hydrogen) atoms. The second kappa shape index (κ2) is 7.68. The van der Waals surface area contributed by atoms with Crippen molar-refractivity contribution in [2.45, 2.75) is 31.8 Å². The number of rotatable bonds is 7. The standard InChI is InChI=1S/C24H24N2O3/c1-2-3-16-26-21-9-5-4-8-20(21)24(29,23(26)28)17-22(27)18-10-12-19(13-11-18)25-14-6-7-15-25/h4-15,29H,2-3,16-17H2,1H3/t24-/m0/s1. The van der Waals surface area contributed by atoms with E-state index in [2.05, 4.69) is 6.92 Å². The van der Waals surface area contributed by atoms with Crippen molar-refractivity contribution in [3.8, 4) is 5.69 Å². The summed E-state index contributed by atoms with van der Waals surface area (Å²) < 4.78 is 1.95. The van der Waals surface area contributed by atoms with E-state index >= 15 is 0 Å². The number of nitrogens with zero attached hydrogens (tertiary/aromatic N) is 2. The van der Waals surface area contributed by atoms with E-state index in [1.165, 1.54) is 0 Å². The maximum Gasteiger partial charge on any atom is 0.264 e. The number of aliphatic hydroxyl groups is 1. The number of aromatic nitrogens is 1. The van der Waals surface area contributed by atoms with E-state index in [0.29, 0.717) is 23.4 Å². The van der Waals surface area contributed by atoms with E-state index in [-0.39, 0.29) is 12.2 Å². The Balaban J connectivity index is 1.59. The molecule has 0 unspecified atom stereocenters. The highest BCUT2D eigenvalue weighted by atomic mass is 16.3. The number of amides is 1. The third kappa shape index (κ3) is 3.38. The zero-order valence-electron chi connectivity index (χ0n) is 16.4. The molecule has 5 heteroatoms. The minimum Gasteiger partial charge on any atom is -0.375 e. The summed E-state index contributed by atoms with van der Waals surface area (Å²) in [6.07, 6.45) is 5.37. The maximum atomic E-state index is 13.1. The molecule has 1 atom stereocenters. The Morgan fingerprint density at radius 3 is 2.38 bits per heavy atom. The quantitative estimate of drug-likeness (QED) is 0.620. The molecule has 1 N–H and O–H groups in total. The number of benzene rings is 2. The van der Waals surface area contributed by atoms with E-state index < -0.39 is 11.5 Å². The fourth-order valence-corrected chi connectivity index (χ4v) is 3.88. The Kier molecular flexibility index (Phi) is 5.07. The van der Waals surface area contributed by atoms with Gasteiger partial charge in [-0.1, -0.05) is 31.5 Å². The Bertz CT molecular complexity index is 1020. The average molecular weight is 388 g/mol. The average Bonchev–Trinajstić information content (AvgIpc) is 3.34. The van der Waals surface area contributed by atoms with Gasteiger partial charge in [0.15, 0.2) is 11.4 Å². The van der Waals surface area contributed by atoms with Gasteiger partial charge >= 0.3 is 0 Å². The predicted octanol–water partition coefficient (Wildman–Crippen LogP) is 4.08. The monoisotopic (exact) mass is 388 g/mol. The lowest BCUT2D eigenvalue weighted by molar-refractivity contribution is -0.135. The van der Waals surface area contributed by atoms with Gasteiger partial charge in [-0.25, -0.2) is 0 Å². The van der Waals surface area contributed by atoms with Crippen molar-refractivity contribution < 1.29 is 14.7 Å². The lowest BCUT2D eigenvalue weighted by Gasteiger charge is -2.22. The van der Waals surface area contributed by atoms with Crippen LogP contribution in [0.15, 0.2) is 73.1 Å². The highest BCUT2D eigenvalue weighted by Gasteiger charge is 2.50. The fraction of sp³-hybridized carbons (Fsp3) is 0.250. The van der Waals surface area contributed by atoms with Gasteiger partial charge in [-0.3, -0.25) is 9.59 Å². The summed E-state index contributed by atoms with van der Waals surface area (Å²) in [4.78, 5) is 27.6. The minimum absolute atomic E-state index is 0.257. The van der Waals surface area contributed by atoms with Crippen molar-refractivity contribution in [1.82, 2.24) is 4.57 Å². The summed E-state index contributed by atoms with van der Waals surface area (Å²) in [7, 11) is 0. The van der Waals surface area contributed by atoms with Crippen LogP contribution in [0.3, 0.4) is 0 Å². The first-order valence-electron chi connectivity index (χ1n) is 9.95. The summed E-state index contributed by atoms with van der Waals surface area (Å²) in [5, 5.41) is 11.3. The van der Waals surface area contributed by atoms with Gasteiger partial charge in [-0.15, -0.1) is 0 Å². The molecule has 2 heterocycles. The first-order valence-corrected chi connectivity index (χ1v) is 9.95. The highest BCUT2D eigenvalue weighted by molar-refractivity contribution is 6.10. The van der Waals surface area contributed by atoms with Crippen molar-refractivity contribution in [2.75, 3.05) is 11.4 Å². The summed E-state index contributed by atoms with van der Waals surface area (Å²) in [6.45, 7) is 2.59.